The predicted octanol–water partition coefficient (Wildman–Crippen LogP) is 2.62. The van der Waals surface area contributed by atoms with Crippen LogP contribution in [0.4, 0.5) is 5.13 Å². The van der Waals surface area contributed by atoms with Crippen LogP contribution in [-0.4, -0.2) is 23.0 Å². The van der Waals surface area contributed by atoms with Crippen LogP contribution in [0.25, 0.3) is 0 Å². The van der Waals surface area contributed by atoms with Crippen molar-refractivity contribution in [3.63, 3.8) is 0 Å². The lowest BCUT2D eigenvalue weighted by atomic mass is 10.4. The van der Waals surface area contributed by atoms with Gasteiger partial charge in [0.1, 0.15) is 5.01 Å². The van der Waals surface area contributed by atoms with Crippen molar-refractivity contribution in [3.8, 4) is 0 Å². The fourth-order valence-electron chi connectivity index (χ4n) is 1.39. The van der Waals surface area contributed by atoms with Crippen LogP contribution in [-0.2, 0) is 11.3 Å². The van der Waals surface area contributed by atoms with Gasteiger partial charge in [-0.15, -0.1) is 22.7 Å². The SMILES string of the molecule is COC(=O)c1nc(NCc2ncc(C)s2)sc1C. The summed E-state index contributed by atoms with van der Waals surface area (Å²) in [6, 6.07) is 0. The highest BCUT2D eigenvalue weighted by molar-refractivity contribution is 7.15. The zero-order valence-corrected chi connectivity index (χ0v) is 11.9. The van der Waals surface area contributed by atoms with Gasteiger partial charge in [0.25, 0.3) is 0 Å². The molecule has 5 nitrogen and oxygen atoms in total. The van der Waals surface area contributed by atoms with Gasteiger partial charge in [-0.1, -0.05) is 0 Å². The lowest BCUT2D eigenvalue weighted by molar-refractivity contribution is 0.0594. The number of aryl methyl sites for hydroxylation is 2. The van der Waals surface area contributed by atoms with Crippen LogP contribution < -0.4 is 5.32 Å². The summed E-state index contributed by atoms with van der Waals surface area (Å²) in [5.74, 6) is -0.401. The van der Waals surface area contributed by atoms with Crippen LogP contribution in [0, 0.1) is 13.8 Å². The number of rotatable bonds is 4. The second kappa shape index (κ2) is 5.45. The van der Waals surface area contributed by atoms with Gasteiger partial charge in [0.2, 0.25) is 0 Å². The normalized spacial score (nSPS) is 10.4. The van der Waals surface area contributed by atoms with Crippen LogP contribution in [0.15, 0.2) is 6.20 Å². The van der Waals surface area contributed by atoms with Crippen LogP contribution in [0.3, 0.4) is 0 Å². The lowest BCUT2D eigenvalue weighted by Crippen LogP contribution is -2.04. The predicted molar refractivity (Wildman–Crippen MR) is 72.4 cm³/mol. The Kier molecular flexibility index (Phi) is 3.93. The maximum Gasteiger partial charge on any atom is 0.357 e. The first-order valence-electron chi connectivity index (χ1n) is 5.31. The second-order valence-electron chi connectivity index (χ2n) is 3.63. The molecule has 0 radical (unpaired) electrons. The third kappa shape index (κ3) is 2.85. The van der Waals surface area contributed by atoms with Gasteiger partial charge >= 0.3 is 5.97 Å². The Morgan fingerprint density at radius 2 is 2.22 bits per heavy atom. The number of hydrogen-bond acceptors (Lipinski definition) is 7. The van der Waals surface area contributed by atoms with E-state index in [2.05, 4.69) is 20.0 Å². The van der Waals surface area contributed by atoms with E-state index in [0.29, 0.717) is 17.4 Å². The third-order valence-electron chi connectivity index (χ3n) is 2.24. The summed E-state index contributed by atoms with van der Waals surface area (Å²) >= 11 is 3.08. The van der Waals surface area contributed by atoms with E-state index < -0.39 is 5.97 Å². The molecule has 0 spiro atoms. The molecule has 2 aromatic rings. The molecule has 0 amide bonds. The Labute approximate surface area is 113 Å². The first-order valence-corrected chi connectivity index (χ1v) is 6.94. The van der Waals surface area contributed by atoms with Gasteiger partial charge < -0.3 is 10.1 Å². The Hall–Kier alpha value is -1.47. The van der Waals surface area contributed by atoms with E-state index in [9.17, 15) is 4.79 Å². The van der Waals surface area contributed by atoms with Crippen molar-refractivity contribution < 1.29 is 9.53 Å². The summed E-state index contributed by atoms with van der Waals surface area (Å²) in [5, 5.41) is 4.87. The van der Waals surface area contributed by atoms with Gasteiger partial charge in [-0.2, -0.15) is 0 Å². The van der Waals surface area contributed by atoms with Gasteiger partial charge in [0.15, 0.2) is 10.8 Å². The topological polar surface area (TPSA) is 64.1 Å². The van der Waals surface area contributed by atoms with Gasteiger partial charge in [0, 0.05) is 16.0 Å². The number of esters is 1. The molecule has 0 fully saturated rings. The highest BCUT2D eigenvalue weighted by Crippen LogP contribution is 2.23. The Morgan fingerprint density at radius 3 is 2.83 bits per heavy atom. The second-order valence-corrected chi connectivity index (χ2v) is 6.16. The zero-order chi connectivity index (χ0) is 13.1. The lowest BCUT2D eigenvalue weighted by Gasteiger charge is -1.97. The third-order valence-corrected chi connectivity index (χ3v) is 4.08. The van der Waals surface area contributed by atoms with Crippen molar-refractivity contribution in [2.45, 2.75) is 20.4 Å². The van der Waals surface area contributed by atoms with E-state index in [0.717, 1.165) is 9.88 Å². The van der Waals surface area contributed by atoms with Gasteiger partial charge in [-0.25, -0.2) is 14.8 Å². The van der Waals surface area contributed by atoms with E-state index in [4.69, 9.17) is 0 Å². The van der Waals surface area contributed by atoms with Gasteiger partial charge in [-0.3, -0.25) is 0 Å². The molecule has 0 unspecified atom stereocenters. The summed E-state index contributed by atoms with van der Waals surface area (Å²) in [7, 11) is 1.35. The number of carbonyl (C=O) groups excluding carboxylic acids is 1. The molecule has 0 saturated carbocycles. The van der Waals surface area contributed by atoms with E-state index in [1.165, 1.54) is 23.3 Å². The number of nitrogens with one attached hydrogen (secondary N) is 1. The standard InChI is InChI=1S/C11H13N3O2S2/c1-6-4-12-8(17-6)5-13-11-14-9(7(2)18-11)10(15)16-3/h4H,5H2,1-3H3,(H,13,14). The van der Waals surface area contributed by atoms with Crippen LogP contribution >= 0.6 is 22.7 Å². The van der Waals surface area contributed by atoms with Crippen LogP contribution in [0.1, 0.15) is 25.3 Å². The molecule has 96 valence electrons. The molecule has 0 aliphatic carbocycles. The average Bonchev–Trinajstić information content (AvgIpc) is 2.92. The van der Waals surface area contributed by atoms with Crippen molar-refractivity contribution in [2.24, 2.45) is 0 Å². The number of anilines is 1. The maximum absolute atomic E-state index is 11.4. The first-order chi connectivity index (χ1) is 8.60. The van der Waals surface area contributed by atoms with Crippen molar-refractivity contribution >= 4 is 33.8 Å². The zero-order valence-electron chi connectivity index (χ0n) is 10.3. The van der Waals surface area contributed by atoms with Crippen molar-refractivity contribution in [1.82, 2.24) is 9.97 Å². The summed E-state index contributed by atoms with van der Waals surface area (Å²) in [6.07, 6.45) is 1.84. The quantitative estimate of drug-likeness (QED) is 0.874. The minimum atomic E-state index is -0.401. The summed E-state index contributed by atoms with van der Waals surface area (Å²) in [5.41, 5.74) is 0.375. The van der Waals surface area contributed by atoms with E-state index in [1.807, 2.05) is 20.0 Å². The number of hydrogen-bond donors (Lipinski definition) is 1. The molecule has 0 atom stereocenters. The Morgan fingerprint density at radius 1 is 1.44 bits per heavy atom. The summed E-state index contributed by atoms with van der Waals surface area (Å²) < 4.78 is 4.66. The largest absolute Gasteiger partial charge is 0.464 e. The molecule has 7 heteroatoms. The molecular formula is C11H13N3O2S2. The fraction of sp³-hybridized carbons (Fsp3) is 0.364. The minimum absolute atomic E-state index is 0.375. The van der Waals surface area contributed by atoms with Crippen molar-refractivity contribution in [2.75, 3.05) is 12.4 Å². The fourth-order valence-corrected chi connectivity index (χ4v) is 2.92. The molecule has 0 aliphatic heterocycles. The highest BCUT2D eigenvalue weighted by atomic mass is 32.1. The van der Waals surface area contributed by atoms with E-state index >= 15 is 0 Å². The molecular weight excluding hydrogens is 270 g/mol. The molecule has 0 saturated heterocycles. The smallest absolute Gasteiger partial charge is 0.357 e. The molecule has 2 aromatic heterocycles. The Balaban J connectivity index is 2.04. The highest BCUT2D eigenvalue weighted by Gasteiger charge is 2.15. The van der Waals surface area contributed by atoms with Crippen LogP contribution in [0.2, 0.25) is 0 Å². The average molecular weight is 283 g/mol. The van der Waals surface area contributed by atoms with E-state index in [-0.39, 0.29) is 0 Å². The molecule has 0 aromatic carbocycles. The minimum Gasteiger partial charge on any atom is -0.464 e. The van der Waals surface area contributed by atoms with Crippen molar-refractivity contribution in [3.05, 3.63) is 26.7 Å². The maximum atomic E-state index is 11.4. The van der Waals surface area contributed by atoms with Gasteiger partial charge in [-0.05, 0) is 13.8 Å². The van der Waals surface area contributed by atoms with Crippen LogP contribution in [0.5, 0.6) is 0 Å². The molecule has 2 heterocycles. The number of ether oxygens (including phenoxy) is 1. The summed E-state index contributed by atoms with van der Waals surface area (Å²) in [6.45, 7) is 4.48. The molecule has 0 aliphatic rings. The summed E-state index contributed by atoms with van der Waals surface area (Å²) in [4.78, 5) is 21.9. The number of aromatic nitrogens is 2. The molecule has 2 rings (SSSR count). The first kappa shape index (κ1) is 13.0. The molecule has 18 heavy (non-hydrogen) atoms. The van der Waals surface area contributed by atoms with Crippen molar-refractivity contribution in [1.29, 1.82) is 0 Å². The number of nitrogens with zero attached hydrogens (tertiary/aromatic N) is 2. The number of thiazole rings is 2. The van der Waals surface area contributed by atoms with E-state index in [1.54, 1.807) is 11.3 Å². The number of methoxy groups -OCH3 is 1. The number of carbonyl (C=O) groups is 1. The van der Waals surface area contributed by atoms with Gasteiger partial charge in [0.05, 0.1) is 13.7 Å². The monoisotopic (exact) mass is 283 g/mol. The molecule has 1 N–H and O–H groups in total. The Bertz CT molecular complexity index is 562. The molecule has 0 bridgehead atoms.